The summed E-state index contributed by atoms with van der Waals surface area (Å²) >= 11 is 0. The molecule has 0 saturated carbocycles. The monoisotopic (exact) mass is 344 g/mol. The van der Waals surface area contributed by atoms with E-state index in [0.717, 1.165) is 22.1 Å². The van der Waals surface area contributed by atoms with Crippen molar-refractivity contribution in [1.29, 1.82) is 0 Å². The summed E-state index contributed by atoms with van der Waals surface area (Å²) in [4.78, 5) is 11.9. The first-order chi connectivity index (χ1) is 11.7. The molecule has 3 N–H and O–H groups in total. The first-order valence-electron chi connectivity index (χ1n) is 8.42. The quantitative estimate of drug-likeness (QED) is 0.869. The molecule has 0 aliphatic heterocycles. The molecule has 0 heterocycles. The SMILES string of the molecule is COc1ccc2cc(C(C)(CN)CNC(=O)OC(C)(C)C)ccc2c1. The molecular weight excluding hydrogens is 316 g/mol. The van der Waals surface area contributed by atoms with Crippen molar-refractivity contribution in [2.45, 2.75) is 38.7 Å². The number of hydrogen-bond acceptors (Lipinski definition) is 4. The van der Waals surface area contributed by atoms with Gasteiger partial charge in [0.25, 0.3) is 0 Å². The van der Waals surface area contributed by atoms with E-state index in [9.17, 15) is 4.79 Å². The van der Waals surface area contributed by atoms with Gasteiger partial charge in [-0.25, -0.2) is 4.79 Å². The van der Waals surface area contributed by atoms with Crippen molar-refractivity contribution >= 4 is 16.9 Å². The van der Waals surface area contributed by atoms with Gasteiger partial charge in [0, 0.05) is 18.5 Å². The smallest absolute Gasteiger partial charge is 0.407 e. The molecule has 0 aliphatic carbocycles. The van der Waals surface area contributed by atoms with Crippen molar-refractivity contribution in [2.24, 2.45) is 5.73 Å². The molecule has 1 amide bonds. The van der Waals surface area contributed by atoms with E-state index < -0.39 is 11.7 Å². The molecule has 2 aromatic rings. The van der Waals surface area contributed by atoms with Crippen LogP contribution in [0.2, 0.25) is 0 Å². The zero-order valence-corrected chi connectivity index (χ0v) is 15.7. The number of methoxy groups -OCH3 is 1. The number of carbonyl (C=O) groups excluding carboxylic acids is 1. The molecular formula is C20H28N2O3. The second-order valence-electron chi connectivity index (χ2n) is 7.55. The van der Waals surface area contributed by atoms with Crippen LogP contribution >= 0.6 is 0 Å². The minimum absolute atomic E-state index is 0.384. The summed E-state index contributed by atoms with van der Waals surface area (Å²) in [6, 6.07) is 12.2. The number of amides is 1. The molecule has 5 heteroatoms. The molecule has 2 aromatic carbocycles. The van der Waals surface area contributed by atoms with Crippen molar-refractivity contribution in [3.05, 3.63) is 42.0 Å². The van der Waals surface area contributed by atoms with E-state index >= 15 is 0 Å². The van der Waals surface area contributed by atoms with Gasteiger partial charge < -0.3 is 20.5 Å². The summed E-state index contributed by atoms with van der Waals surface area (Å²) in [5, 5.41) is 5.04. The third kappa shape index (κ3) is 4.86. The fourth-order valence-electron chi connectivity index (χ4n) is 2.60. The van der Waals surface area contributed by atoms with Crippen LogP contribution in [0.25, 0.3) is 10.8 Å². The second-order valence-corrected chi connectivity index (χ2v) is 7.55. The number of alkyl carbamates (subject to hydrolysis) is 1. The number of fused-ring (bicyclic) bond motifs is 1. The van der Waals surface area contributed by atoms with Crippen molar-refractivity contribution in [3.8, 4) is 5.75 Å². The van der Waals surface area contributed by atoms with E-state index in [1.54, 1.807) is 7.11 Å². The van der Waals surface area contributed by atoms with Crippen LogP contribution in [0.1, 0.15) is 33.3 Å². The maximum Gasteiger partial charge on any atom is 0.407 e. The lowest BCUT2D eigenvalue weighted by Crippen LogP contribution is -2.45. The number of nitrogens with one attached hydrogen (secondary N) is 1. The molecule has 0 aromatic heterocycles. The minimum Gasteiger partial charge on any atom is -0.497 e. The number of nitrogens with two attached hydrogens (primary N) is 1. The van der Waals surface area contributed by atoms with Gasteiger partial charge in [-0.1, -0.05) is 31.2 Å². The standard InChI is InChI=1S/C20H28N2O3/c1-19(2,3)25-18(23)22-13-20(4,12-21)16-8-6-15-11-17(24-5)9-7-14(15)10-16/h6-11H,12-13,21H2,1-5H3,(H,22,23). The molecule has 136 valence electrons. The Kier molecular flexibility index (Phi) is 5.58. The number of benzene rings is 2. The van der Waals surface area contributed by atoms with Gasteiger partial charge >= 0.3 is 6.09 Å². The van der Waals surface area contributed by atoms with E-state index in [1.807, 2.05) is 52.0 Å². The second kappa shape index (κ2) is 7.31. The summed E-state index contributed by atoms with van der Waals surface area (Å²) in [5.41, 5.74) is 6.20. The molecule has 0 radical (unpaired) electrons. The highest BCUT2D eigenvalue weighted by molar-refractivity contribution is 5.84. The minimum atomic E-state index is -0.523. The number of ether oxygens (including phenoxy) is 2. The molecule has 1 atom stereocenters. The molecule has 0 spiro atoms. The van der Waals surface area contributed by atoms with Gasteiger partial charge in [0.05, 0.1) is 7.11 Å². The van der Waals surface area contributed by atoms with Gasteiger partial charge in [0.2, 0.25) is 0 Å². The van der Waals surface area contributed by atoms with Crippen LogP contribution in [-0.4, -0.2) is 31.9 Å². The van der Waals surface area contributed by atoms with Gasteiger partial charge in [-0.2, -0.15) is 0 Å². The van der Waals surface area contributed by atoms with E-state index in [0.29, 0.717) is 13.1 Å². The molecule has 0 fully saturated rings. The summed E-state index contributed by atoms with van der Waals surface area (Å²) in [6.07, 6.45) is -0.433. The van der Waals surface area contributed by atoms with Gasteiger partial charge in [-0.3, -0.25) is 0 Å². The first kappa shape index (κ1) is 19.1. The molecule has 0 bridgehead atoms. The summed E-state index contributed by atoms with van der Waals surface area (Å²) in [6.45, 7) is 8.37. The van der Waals surface area contributed by atoms with Gasteiger partial charge in [-0.05, 0) is 49.2 Å². The average Bonchev–Trinajstić information content (AvgIpc) is 2.57. The van der Waals surface area contributed by atoms with Crippen LogP contribution in [0.3, 0.4) is 0 Å². The van der Waals surface area contributed by atoms with Crippen molar-refractivity contribution in [1.82, 2.24) is 5.32 Å². The Morgan fingerprint density at radius 3 is 2.32 bits per heavy atom. The highest BCUT2D eigenvalue weighted by Gasteiger charge is 2.27. The predicted molar refractivity (Wildman–Crippen MR) is 101 cm³/mol. The van der Waals surface area contributed by atoms with Crippen molar-refractivity contribution in [3.63, 3.8) is 0 Å². The Labute approximate surface area is 149 Å². The Bertz CT molecular complexity index is 752. The molecule has 25 heavy (non-hydrogen) atoms. The lowest BCUT2D eigenvalue weighted by molar-refractivity contribution is 0.0516. The Balaban J connectivity index is 2.20. The zero-order chi connectivity index (χ0) is 18.7. The Morgan fingerprint density at radius 2 is 1.72 bits per heavy atom. The maximum absolute atomic E-state index is 11.9. The molecule has 0 aliphatic rings. The molecule has 5 nitrogen and oxygen atoms in total. The predicted octanol–water partition coefficient (Wildman–Crippen LogP) is 3.59. The number of rotatable bonds is 5. The van der Waals surface area contributed by atoms with Crippen LogP contribution in [0.4, 0.5) is 4.79 Å². The van der Waals surface area contributed by atoms with E-state index in [1.165, 1.54) is 0 Å². The highest BCUT2D eigenvalue weighted by atomic mass is 16.6. The largest absolute Gasteiger partial charge is 0.497 e. The number of carbonyl (C=O) groups is 1. The van der Waals surface area contributed by atoms with Crippen LogP contribution in [-0.2, 0) is 10.2 Å². The fraction of sp³-hybridized carbons (Fsp3) is 0.450. The maximum atomic E-state index is 11.9. The third-order valence-corrected chi connectivity index (χ3v) is 4.22. The zero-order valence-electron chi connectivity index (χ0n) is 15.7. The molecule has 2 rings (SSSR count). The lowest BCUT2D eigenvalue weighted by Gasteiger charge is -2.30. The third-order valence-electron chi connectivity index (χ3n) is 4.22. The van der Waals surface area contributed by atoms with Gasteiger partial charge in [0.15, 0.2) is 0 Å². The van der Waals surface area contributed by atoms with E-state index in [2.05, 4.69) is 17.4 Å². The summed E-state index contributed by atoms with van der Waals surface area (Å²) in [5.74, 6) is 0.827. The van der Waals surface area contributed by atoms with Crippen LogP contribution < -0.4 is 15.8 Å². The summed E-state index contributed by atoms with van der Waals surface area (Å²) < 4.78 is 10.6. The van der Waals surface area contributed by atoms with E-state index in [4.69, 9.17) is 15.2 Å². The Hall–Kier alpha value is -2.27. The average molecular weight is 344 g/mol. The molecule has 1 unspecified atom stereocenters. The van der Waals surface area contributed by atoms with E-state index in [-0.39, 0.29) is 5.41 Å². The first-order valence-corrected chi connectivity index (χ1v) is 8.42. The van der Waals surface area contributed by atoms with Crippen LogP contribution in [0.5, 0.6) is 5.75 Å². The van der Waals surface area contributed by atoms with Gasteiger partial charge in [-0.15, -0.1) is 0 Å². The molecule has 0 saturated heterocycles. The van der Waals surface area contributed by atoms with Crippen molar-refractivity contribution < 1.29 is 14.3 Å². The van der Waals surface area contributed by atoms with Crippen LogP contribution in [0.15, 0.2) is 36.4 Å². The van der Waals surface area contributed by atoms with Crippen LogP contribution in [0, 0.1) is 0 Å². The fourth-order valence-corrected chi connectivity index (χ4v) is 2.60. The highest BCUT2D eigenvalue weighted by Crippen LogP contribution is 2.28. The topological polar surface area (TPSA) is 73.6 Å². The summed E-state index contributed by atoms with van der Waals surface area (Å²) in [7, 11) is 1.66. The van der Waals surface area contributed by atoms with Crippen molar-refractivity contribution in [2.75, 3.05) is 20.2 Å². The lowest BCUT2D eigenvalue weighted by atomic mass is 9.81. The van der Waals surface area contributed by atoms with Gasteiger partial charge in [0.1, 0.15) is 11.4 Å². The Morgan fingerprint density at radius 1 is 1.08 bits per heavy atom. The number of hydrogen-bond donors (Lipinski definition) is 2. The normalized spacial score (nSPS) is 14.0.